The van der Waals surface area contributed by atoms with Crippen molar-refractivity contribution < 1.29 is 8.42 Å². The summed E-state index contributed by atoms with van der Waals surface area (Å²) in [5.74, 6) is 0. The molecule has 2 aromatic rings. The average Bonchev–Trinajstić information content (AvgIpc) is 2.88. The fourth-order valence-electron chi connectivity index (χ4n) is 3.00. The van der Waals surface area contributed by atoms with Gasteiger partial charge in [-0.2, -0.15) is 0 Å². The fraction of sp³-hybridized carbons (Fsp3) is 0.333. The van der Waals surface area contributed by atoms with E-state index in [4.69, 9.17) is 17.3 Å². The van der Waals surface area contributed by atoms with E-state index >= 15 is 0 Å². The summed E-state index contributed by atoms with van der Waals surface area (Å²) in [6.07, 6.45) is 1.02. The van der Waals surface area contributed by atoms with Crippen LogP contribution >= 0.6 is 24.0 Å². The maximum atomic E-state index is 12.7. The number of nitrogens with two attached hydrogens (primary N) is 1. The van der Waals surface area contributed by atoms with E-state index in [1.54, 1.807) is 37.3 Å². The second-order valence-electron chi connectivity index (χ2n) is 6.33. The molecule has 0 spiro atoms. The third-order valence-corrected chi connectivity index (χ3v) is 6.27. The van der Waals surface area contributed by atoms with E-state index in [0.717, 1.165) is 38.3 Å². The van der Waals surface area contributed by atoms with E-state index in [9.17, 15) is 8.42 Å². The first-order chi connectivity index (χ1) is 12.4. The van der Waals surface area contributed by atoms with Crippen LogP contribution in [-0.2, 0) is 10.0 Å². The van der Waals surface area contributed by atoms with E-state index in [2.05, 4.69) is 14.9 Å². The highest BCUT2D eigenvalue weighted by Crippen LogP contribution is 2.29. The monoisotopic (exact) mass is 430 g/mol. The highest BCUT2D eigenvalue weighted by Gasteiger charge is 2.19. The molecule has 148 valence electrons. The minimum Gasteiger partial charge on any atom is -0.397 e. The van der Waals surface area contributed by atoms with Gasteiger partial charge in [0.25, 0.3) is 10.0 Å². The van der Waals surface area contributed by atoms with Gasteiger partial charge in [0, 0.05) is 24.7 Å². The summed E-state index contributed by atoms with van der Waals surface area (Å²) in [5, 5.41) is 3.85. The summed E-state index contributed by atoms with van der Waals surface area (Å²) in [4.78, 5) is 2.31. The quantitative estimate of drug-likeness (QED) is 0.647. The number of sulfonamides is 1. The lowest BCUT2D eigenvalue weighted by atomic mass is 10.2. The Bertz CT molecular complexity index is 898. The highest BCUT2D eigenvalue weighted by atomic mass is 35.5. The van der Waals surface area contributed by atoms with Gasteiger partial charge < -0.3 is 16.0 Å². The van der Waals surface area contributed by atoms with Crippen LogP contribution < -0.4 is 20.7 Å². The Morgan fingerprint density at radius 2 is 1.96 bits per heavy atom. The van der Waals surface area contributed by atoms with Crippen molar-refractivity contribution in [3.05, 3.63) is 47.0 Å². The second kappa shape index (κ2) is 9.01. The number of halogens is 2. The number of hydrogen-bond acceptors (Lipinski definition) is 5. The number of rotatable bonds is 4. The SMILES string of the molecule is Cc1c(Cl)cccc1NS(=O)(=O)c1ccc(N2CCCNCC2)c(N)c1.Cl. The Balaban J connectivity index is 0.00000261. The summed E-state index contributed by atoms with van der Waals surface area (Å²) in [6, 6.07) is 9.98. The maximum absolute atomic E-state index is 12.7. The Morgan fingerprint density at radius 1 is 1.19 bits per heavy atom. The number of nitrogens with zero attached hydrogens (tertiary/aromatic N) is 1. The summed E-state index contributed by atoms with van der Waals surface area (Å²) in [5.41, 5.74) is 8.63. The average molecular weight is 431 g/mol. The largest absolute Gasteiger partial charge is 0.397 e. The van der Waals surface area contributed by atoms with Crippen LogP contribution in [0.3, 0.4) is 0 Å². The molecule has 1 aliphatic heterocycles. The highest BCUT2D eigenvalue weighted by molar-refractivity contribution is 7.92. The first kappa shape index (κ1) is 21.6. The molecule has 0 radical (unpaired) electrons. The van der Waals surface area contributed by atoms with Crippen molar-refractivity contribution in [2.45, 2.75) is 18.2 Å². The van der Waals surface area contributed by atoms with Crippen molar-refractivity contribution in [1.82, 2.24) is 5.32 Å². The van der Waals surface area contributed by atoms with Crippen LogP contribution in [0.5, 0.6) is 0 Å². The molecule has 1 aliphatic rings. The molecule has 6 nitrogen and oxygen atoms in total. The third-order valence-electron chi connectivity index (χ3n) is 4.50. The van der Waals surface area contributed by atoms with Gasteiger partial charge in [0.1, 0.15) is 0 Å². The van der Waals surface area contributed by atoms with Crippen LogP contribution in [0.2, 0.25) is 5.02 Å². The van der Waals surface area contributed by atoms with Gasteiger partial charge in [-0.05, 0) is 55.8 Å². The molecular weight excluding hydrogens is 407 g/mol. The van der Waals surface area contributed by atoms with Crippen molar-refractivity contribution >= 4 is 51.1 Å². The van der Waals surface area contributed by atoms with E-state index in [-0.39, 0.29) is 17.3 Å². The van der Waals surface area contributed by atoms with Crippen LogP contribution in [0.4, 0.5) is 17.1 Å². The van der Waals surface area contributed by atoms with Crippen molar-refractivity contribution in [1.29, 1.82) is 0 Å². The van der Waals surface area contributed by atoms with Gasteiger partial charge in [0.15, 0.2) is 0 Å². The molecule has 0 aromatic heterocycles. The van der Waals surface area contributed by atoms with Crippen LogP contribution in [-0.4, -0.2) is 34.6 Å². The van der Waals surface area contributed by atoms with Gasteiger partial charge in [-0.15, -0.1) is 12.4 Å². The van der Waals surface area contributed by atoms with Crippen molar-refractivity contribution in [2.24, 2.45) is 0 Å². The van der Waals surface area contributed by atoms with Crippen LogP contribution in [0, 0.1) is 6.92 Å². The zero-order valence-electron chi connectivity index (χ0n) is 15.0. The molecule has 3 rings (SSSR count). The van der Waals surface area contributed by atoms with Crippen LogP contribution in [0.1, 0.15) is 12.0 Å². The van der Waals surface area contributed by atoms with Crippen LogP contribution in [0.15, 0.2) is 41.3 Å². The van der Waals surface area contributed by atoms with Gasteiger partial charge in [0.2, 0.25) is 0 Å². The first-order valence-electron chi connectivity index (χ1n) is 8.51. The summed E-state index contributed by atoms with van der Waals surface area (Å²) in [6.45, 7) is 5.37. The molecular formula is C18H24Cl2N4O2S. The standard InChI is InChI=1S/C18H23ClN4O2S.ClH/c1-13-15(19)4-2-5-17(13)22-26(24,25)14-6-7-18(16(20)12-14)23-10-3-8-21-9-11-23;/h2,4-7,12,21-22H,3,8-11,20H2,1H3;1H. The molecule has 4 N–H and O–H groups in total. The number of anilines is 3. The molecule has 0 unspecified atom stereocenters. The maximum Gasteiger partial charge on any atom is 0.261 e. The molecule has 2 aromatic carbocycles. The number of nitrogen functional groups attached to an aromatic ring is 1. The molecule has 1 saturated heterocycles. The molecule has 0 atom stereocenters. The lowest BCUT2D eigenvalue weighted by Crippen LogP contribution is -2.28. The van der Waals surface area contributed by atoms with Gasteiger partial charge in [-0.1, -0.05) is 17.7 Å². The summed E-state index contributed by atoms with van der Waals surface area (Å²) < 4.78 is 28.0. The predicted octanol–water partition coefficient (Wildman–Crippen LogP) is 3.25. The van der Waals surface area contributed by atoms with E-state index in [1.807, 2.05) is 0 Å². The number of hydrogen-bond donors (Lipinski definition) is 3. The topological polar surface area (TPSA) is 87.5 Å². The third kappa shape index (κ3) is 4.99. The Labute approximate surface area is 171 Å². The van der Waals surface area contributed by atoms with Crippen molar-refractivity contribution in [3.63, 3.8) is 0 Å². The molecule has 1 heterocycles. The normalized spacial score (nSPS) is 15.0. The van der Waals surface area contributed by atoms with Crippen molar-refractivity contribution in [3.8, 4) is 0 Å². The second-order valence-corrected chi connectivity index (χ2v) is 8.42. The smallest absolute Gasteiger partial charge is 0.261 e. The van der Waals surface area contributed by atoms with E-state index < -0.39 is 10.0 Å². The van der Waals surface area contributed by atoms with Crippen molar-refractivity contribution in [2.75, 3.05) is 41.5 Å². The summed E-state index contributed by atoms with van der Waals surface area (Å²) >= 11 is 6.07. The molecule has 9 heteroatoms. The zero-order valence-corrected chi connectivity index (χ0v) is 17.4. The lowest BCUT2D eigenvalue weighted by Gasteiger charge is -2.24. The minimum atomic E-state index is -3.75. The predicted molar refractivity (Wildman–Crippen MR) is 115 cm³/mol. The molecule has 0 aliphatic carbocycles. The fourth-order valence-corrected chi connectivity index (χ4v) is 4.33. The molecule has 1 fully saturated rings. The molecule has 0 amide bonds. The van der Waals surface area contributed by atoms with E-state index in [0.29, 0.717) is 22.0 Å². The Hall–Kier alpha value is -1.67. The Morgan fingerprint density at radius 3 is 2.70 bits per heavy atom. The minimum absolute atomic E-state index is 0. The van der Waals surface area contributed by atoms with E-state index in [1.165, 1.54) is 6.07 Å². The Kier molecular flexibility index (Phi) is 7.22. The van der Waals surface area contributed by atoms with Gasteiger partial charge in [-0.25, -0.2) is 8.42 Å². The van der Waals surface area contributed by atoms with Gasteiger partial charge in [-0.3, -0.25) is 4.72 Å². The number of nitrogens with one attached hydrogen (secondary N) is 2. The summed E-state index contributed by atoms with van der Waals surface area (Å²) in [7, 11) is -3.75. The zero-order chi connectivity index (χ0) is 18.7. The lowest BCUT2D eigenvalue weighted by molar-refractivity contribution is 0.601. The molecule has 0 saturated carbocycles. The first-order valence-corrected chi connectivity index (χ1v) is 10.4. The number of benzene rings is 2. The van der Waals surface area contributed by atoms with Crippen LogP contribution in [0.25, 0.3) is 0 Å². The van der Waals surface area contributed by atoms with Gasteiger partial charge in [0.05, 0.1) is 22.0 Å². The molecule has 27 heavy (non-hydrogen) atoms. The molecule has 0 bridgehead atoms. The van der Waals surface area contributed by atoms with Gasteiger partial charge >= 0.3 is 0 Å².